The fourth-order valence-corrected chi connectivity index (χ4v) is 4.87. The summed E-state index contributed by atoms with van der Waals surface area (Å²) in [7, 11) is 1.59. The van der Waals surface area contributed by atoms with Crippen LogP contribution < -0.4 is 15.4 Å². The Morgan fingerprint density at radius 1 is 1.03 bits per heavy atom. The van der Waals surface area contributed by atoms with Crippen LogP contribution in [0, 0.1) is 5.82 Å². The Kier molecular flexibility index (Phi) is 6.20. The van der Waals surface area contributed by atoms with E-state index in [4.69, 9.17) is 4.74 Å². The molecular formula is C29H33FN2O. The molecule has 3 aromatic rings. The Morgan fingerprint density at radius 3 is 2.48 bits per heavy atom. The van der Waals surface area contributed by atoms with Crippen molar-refractivity contribution in [3.8, 4) is 16.9 Å². The van der Waals surface area contributed by atoms with Crippen LogP contribution in [-0.4, -0.2) is 12.6 Å². The number of fused-ring (bicyclic) bond motifs is 1. The van der Waals surface area contributed by atoms with Gasteiger partial charge in [0.1, 0.15) is 11.6 Å². The fraction of sp³-hybridized carbons (Fsp3) is 0.310. The second-order valence-corrected chi connectivity index (χ2v) is 9.63. The quantitative estimate of drug-likeness (QED) is 0.406. The second kappa shape index (κ2) is 8.93. The van der Waals surface area contributed by atoms with Gasteiger partial charge in [0.05, 0.1) is 12.6 Å². The number of benzene rings is 3. The van der Waals surface area contributed by atoms with Gasteiger partial charge in [-0.1, -0.05) is 44.2 Å². The predicted molar refractivity (Wildman–Crippen MR) is 138 cm³/mol. The maximum absolute atomic E-state index is 13.9. The van der Waals surface area contributed by atoms with Gasteiger partial charge in [-0.2, -0.15) is 0 Å². The van der Waals surface area contributed by atoms with Crippen LogP contribution in [0.4, 0.5) is 15.8 Å². The topological polar surface area (TPSA) is 33.3 Å². The van der Waals surface area contributed by atoms with Crippen LogP contribution in [0.1, 0.15) is 57.2 Å². The van der Waals surface area contributed by atoms with E-state index in [-0.39, 0.29) is 11.4 Å². The molecule has 3 nitrogen and oxygen atoms in total. The van der Waals surface area contributed by atoms with Gasteiger partial charge in [0.15, 0.2) is 0 Å². The van der Waals surface area contributed by atoms with Crippen LogP contribution in [-0.2, 0) is 6.54 Å². The highest BCUT2D eigenvalue weighted by Gasteiger charge is 2.26. The third-order valence-electron chi connectivity index (χ3n) is 6.23. The number of hydrogen-bond donors (Lipinski definition) is 2. The van der Waals surface area contributed by atoms with Gasteiger partial charge in [-0.15, -0.1) is 0 Å². The number of para-hydroxylation sites is 1. The molecule has 0 radical (unpaired) electrons. The van der Waals surface area contributed by atoms with Crippen LogP contribution in [0.3, 0.4) is 0 Å². The summed E-state index contributed by atoms with van der Waals surface area (Å²) in [5, 5.41) is 7.35. The van der Waals surface area contributed by atoms with E-state index < -0.39 is 0 Å². The lowest BCUT2D eigenvalue weighted by atomic mass is 9.85. The van der Waals surface area contributed by atoms with Crippen molar-refractivity contribution in [3.63, 3.8) is 0 Å². The van der Waals surface area contributed by atoms with E-state index >= 15 is 0 Å². The molecule has 0 amide bonds. The Bertz CT molecular complexity index is 1210. The Hall–Kier alpha value is -3.27. The molecule has 0 saturated heterocycles. The molecule has 0 aliphatic carbocycles. The first kappa shape index (κ1) is 22.9. The van der Waals surface area contributed by atoms with Crippen LogP contribution in [0.15, 0.2) is 60.7 Å². The molecule has 33 heavy (non-hydrogen) atoms. The zero-order valence-electron chi connectivity index (χ0n) is 20.3. The Balaban J connectivity index is 1.87. The predicted octanol–water partition coefficient (Wildman–Crippen LogP) is 7.84. The zero-order chi connectivity index (χ0) is 23.8. The molecule has 4 rings (SSSR count). The molecule has 0 unspecified atom stereocenters. The third kappa shape index (κ3) is 4.61. The van der Waals surface area contributed by atoms with Crippen molar-refractivity contribution in [2.24, 2.45) is 0 Å². The smallest absolute Gasteiger partial charge is 0.129 e. The molecule has 3 aromatic carbocycles. The van der Waals surface area contributed by atoms with Crippen molar-refractivity contribution in [1.82, 2.24) is 0 Å². The minimum Gasteiger partial charge on any atom is -0.496 e. The number of rotatable bonds is 6. The summed E-state index contributed by atoms with van der Waals surface area (Å²) < 4.78 is 19.5. The molecule has 2 N–H and O–H groups in total. The van der Waals surface area contributed by atoms with Crippen molar-refractivity contribution >= 4 is 16.9 Å². The van der Waals surface area contributed by atoms with Gasteiger partial charge in [0, 0.05) is 35.1 Å². The summed E-state index contributed by atoms with van der Waals surface area (Å²) in [6.07, 6.45) is 2.27. The molecule has 0 saturated carbocycles. The van der Waals surface area contributed by atoms with Gasteiger partial charge >= 0.3 is 0 Å². The molecule has 1 aliphatic rings. The number of methoxy groups -OCH3 is 1. The van der Waals surface area contributed by atoms with Crippen molar-refractivity contribution in [1.29, 1.82) is 0 Å². The van der Waals surface area contributed by atoms with Gasteiger partial charge in [-0.3, -0.25) is 0 Å². The summed E-state index contributed by atoms with van der Waals surface area (Å²) in [4.78, 5) is 0. The molecular weight excluding hydrogens is 411 g/mol. The van der Waals surface area contributed by atoms with Gasteiger partial charge < -0.3 is 15.4 Å². The number of anilines is 2. The van der Waals surface area contributed by atoms with E-state index in [0.29, 0.717) is 18.2 Å². The maximum atomic E-state index is 13.9. The highest BCUT2D eigenvalue weighted by Crippen LogP contribution is 2.43. The summed E-state index contributed by atoms with van der Waals surface area (Å²) in [5.74, 6) is 0.641. The summed E-state index contributed by atoms with van der Waals surface area (Å²) in [6.45, 7) is 11.6. The van der Waals surface area contributed by atoms with Gasteiger partial charge in [0.25, 0.3) is 0 Å². The number of nitrogens with one attached hydrogen (secondary N) is 2. The molecule has 4 heteroatoms. The Morgan fingerprint density at radius 2 is 1.76 bits per heavy atom. The molecule has 0 spiro atoms. The van der Waals surface area contributed by atoms with Gasteiger partial charge in [-0.25, -0.2) is 4.39 Å². The average Bonchev–Trinajstić information content (AvgIpc) is 2.76. The van der Waals surface area contributed by atoms with E-state index in [1.807, 2.05) is 0 Å². The SMILES string of the molecule is COc1cc(F)ccc1-c1ccc2c(c1CNc1ccccc1C(C)C)C(C)=CC(C)(C)N2. The van der Waals surface area contributed by atoms with Crippen LogP contribution >= 0.6 is 0 Å². The molecule has 0 bridgehead atoms. The van der Waals surface area contributed by atoms with Gasteiger partial charge in [-0.05, 0) is 73.2 Å². The number of halogens is 1. The first-order valence-electron chi connectivity index (χ1n) is 11.5. The lowest BCUT2D eigenvalue weighted by Crippen LogP contribution is -2.32. The summed E-state index contributed by atoms with van der Waals surface area (Å²) in [6, 6.07) is 17.4. The normalized spacial score (nSPS) is 14.4. The molecule has 0 fully saturated rings. The van der Waals surface area contributed by atoms with E-state index in [1.54, 1.807) is 13.2 Å². The number of allylic oxidation sites excluding steroid dienone is 1. The first-order chi connectivity index (χ1) is 15.7. The monoisotopic (exact) mass is 444 g/mol. The van der Waals surface area contributed by atoms with Crippen LogP contribution in [0.2, 0.25) is 0 Å². The third-order valence-corrected chi connectivity index (χ3v) is 6.23. The van der Waals surface area contributed by atoms with Crippen molar-refractivity contribution in [2.75, 3.05) is 17.7 Å². The lowest BCUT2D eigenvalue weighted by Gasteiger charge is -2.33. The summed E-state index contributed by atoms with van der Waals surface area (Å²) in [5.41, 5.74) is 8.90. The fourth-order valence-electron chi connectivity index (χ4n) is 4.87. The van der Waals surface area contributed by atoms with E-state index in [1.165, 1.54) is 28.8 Å². The van der Waals surface area contributed by atoms with E-state index in [2.05, 4.69) is 87.7 Å². The number of ether oxygens (including phenoxy) is 1. The number of hydrogen-bond acceptors (Lipinski definition) is 3. The minimum absolute atomic E-state index is 0.124. The highest BCUT2D eigenvalue weighted by atomic mass is 19.1. The Labute approximate surface area is 196 Å². The van der Waals surface area contributed by atoms with Crippen molar-refractivity contribution < 1.29 is 9.13 Å². The first-order valence-corrected chi connectivity index (χ1v) is 11.5. The standard InChI is InChI=1S/C29H33FN2O/c1-18(2)21-9-7-8-10-25(21)31-17-24-22(23-12-11-20(30)15-27(23)33-6)13-14-26-28(24)19(3)16-29(4,5)32-26/h7-16,18,31-32H,17H2,1-6H3. The van der Waals surface area contributed by atoms with E-state index in [0.717, 1.165) is 28.1 Å². The highest BCUT2D eigenvalue weighted by molar-refractivity contribution is 5.88. The minimum atomic E-state index is -0.307. The molecule has 0 aromatic heterocycles. The maximum Gasteiger partial charge on any atom is 0.129 e. The van der Waals surface area contributed by atoms with Crippen molar-refractivity contribution in [2.45, 2.75) is 52.6 Å². The molecule has 1 heterocycles. The van der Waals surface area contributed by atoms with E-state index in [9.17, 15) is 4.39 Å². The largest absolute Gasteiger partial charge is 0.496 e. The summed E-state index contributed by atoms with van der Waals surface area (Å²) >= 11 is 0. The molecule has 0 atom stereocenters. The van der Waals surface area contributed by atoms with Gasteiger partial charge in [0.2, 0.25) is 0 Å². The van der Waals surface area contributed by atoms with Crippen molar-refractivity contribution in [3.05, 3.63) is 83.2 Å². The average molecular weight is 445 g/mol. The second-order valence-electron chi connectivity index (χ2n) is 9.63. The lowest BCUT2D eigenvalue weighted by molar-refractivity contribution is 0.413. The zero-order valence-corrected chi connectivity index (χ0v) is 20.3. The molecule has 172 valence electrons. The van der Waals surface area contributed by atoms with Crippen LogP contribution in [0.25, 0.3) is 16.7 Å². The van der Waals surface area contributed by atoms with Crippen LogP contribution in [0.5, 0.6) is 5.75 Å². The molecule has 1 aliphatic heterocycles.